The fourth-order valence-electron chi connectivity index (χ4n) is 6.62. The Morgan fingerprint density at radius 1 is 0.400 bits per heavy atom. The molecule has 1 heterocycles. The highest BCUT2D eigenvalue weighted by atomic mass is 15.0. The predicted octanol–water partition coefficient (Wildman–Crippen LogP) is 12.9. The Bertz CT molecular complexity index is 1790. The van der Waals surface area contributed by atoms with E-state index in [4.69, 9.17) is 0 Å². The van der Waals surface area contributed by atoms with Gasteiger partial charge >= 0.3 is 0 Å². The van der Waals surface area contributed by atoms with Crippen LogP contribution in [0.2, 0.25) is 0 Å². The summed E-state index contributed by atoms with van der Waals surface area (Å²) in [6.07, 6.45) is 0. The molecule has 4 aromatic carbocycles. The van der Waals surface area contributed by atoms with Crippen LogP contribution in [-0.2, 0) is 27.1 Å². The smallest absolute Gasteiger partial charge is 0.0541 e. The van der Waals surface area contributed by atoms with Crippen molar-refractivity contribution in [2.45, 2.75) is 131 Å². The molecule has 0 radical (unpaired) electrons. The van der Waals surface area contributed by atoms with Gasteiger partial charge in [-0.15, -0.1) is 0 Å². The fourth-order valence-corrected chi connectivity index (χ4v) is 6.62. The van der Waals surface area contributed by atoms with Crippen molar-refractivity contribution in [3.63, 3.8) is 0 Å². The van der Waals surface area contributed by atoms with E-state index in [-0.39, 0.29) is 27.1 Å². The lowest BCUT2D eigenvalue weighted by Crippen LogP contribution is -2.19. The first-order valence-corrected chi connectivity index (χ1v) is 16.9. The normalized spacial score (nSPS) is 13.7. The Labute approximate surface area is 274 Å². The van der Waals surface area contributed by atoms with Crippen LogP contribution in [-0.4, -0.2) is 4.57 Å². The highest BCUT2D eigenvalue weighted by Crippen LogP contribution is 2.44. The van der Waals surface area contributed by atoms with Crippen LogP contribution in [0.5, 0.6) is 0 Å². The minimum absolute atomic E-state index is 0.0534. The van der Waals surface area contributed by atoms with E-state index in [1.54, 1.807) is 0 Å². The lowest BCUT2D eigenvalue weighted by molar-refractivity contribution is 0.568. The summed E-state index contributed by atoms with van der Waals surface area (Å²) in [5, 5.41) is 2.66. The molecular formula is C44H57N. The molecule has 0 spiro atoms. The van der Waals surface area contributed by atoms with E-state index >= 15 is 0 Å². The van der Waals surface area contributed by atoms with Gasteiger partial charge in [-0.25, -0.2) is 0 Å². The SMILES string of the molecule is CC(C)(C)c1cc(-c2cccc(-n3c4ccc(C(C)(C)C)cc4c4cc(C(C)(C)C)ccc43)c2C(C)(C)C)cc(C(C)(C)C)c1. The first kappa shape index (κ1) is 33.1. The topological polar surface area (TPSA) is 4.93 Å². The number of nitrogens with zero attached hydrogens (tertiary/aromatic N) is 1. The zero-order chi connectivity index (χ0) is 33.5. The van der Waals surface area contributed by atoms with E-state index in [0.29, 0.717) is 0 Å². The summed E-state index contributed by atoms with van der Waals surface area (Å²) in [5.41, 5.74) is 13.5. The van der Waals surface area contributed by atoms with Crippen molar-refractivity contribution in [2.24, 2.45) is 0 Å². The van der Waals surface area contributed by atoms with Crippen LogP contribution in [0, 0.1) is 0 Å². The Hall–Kier alpha value is -3.32. The maximum absolute atomic E-state index is 2.55. The van der Waals surface area contributed by atoms with Gasteiger partial charge in [-0.2, -0.15) is 0 Å². The van der Waals surface area contributed by atoms with Gasteiger partial charge in [0.2, 0.25) is 0 Å². The van der Waals surface area contributed by atoms with Crippen molar-refractivity contribution in [3.8, 4) is 16.8 Å². The molecule has 0 fully saturated rings. The Morgan fingerprint density at radius 2 is 0.822 bits per heavy atom. The molecule has 0 bridgehead atoms. The summed E-state index contributed by atoms with van der Waals surface area (Å²) in [6, 6.07) is 28.6. The first-order chi connectivity index (χ1) is 20.5. The number of hydrogen-bond acceptors (Lipinski definition) is 0. The molecule has 0 aliphatic carbocycles. The Morgan fingerprint density at radius 3 is 1.20 bits per heavy atom. The number of aromatic nitrogens is 1. The number of benzene rings is 4. The lowest BCUT2D eigenvalue weighted by atomic mass is 9.76. The monoisotopic (exact) mass is 599 g/mol. The van der Waals surface area contributed by atoms with Crippen LogP contribution < -0.4 is 0 Å². The summed E-state index contributed by atoms with van der Waals surface area (Å²) in [4.78, 5) is 0. The summed E-state index contributed by atoms with van der Waals surface area (Å²) in [7, 11) is 0. The second-order valence-electron chi connectivity index (χ2n) is 18.5. The van der Waals surface area contributed by atoms with Crippen molar-refractivity contribution >= 4 is 21.8 Å². The number of rotatable bonds is 2. The van der Waals surface area contributed by atoms with Gasteiger partial charge < -0.3 is 4.57 Å². The third-order valence-electron chi connectivity index (χ3n) is 9.51. The van der Waals surface area contributed by atoms with Gasteiger partial charge in [0, 0.05) is 10.8 Å². The van der Waals surface area contributed by atoms with Crippen LogP contribution in [0.25, 0.3) is 38.6 Å². The van der Waals surface area contributed by atoms with Gasteiger partial charge in [0.1, 0.15) is 0 Å². The van der Waals surface area contributed by atoms with E-state index < -0.39 is 0 Å². The summed E-state index contributed by atoms with van der Waals surface area (Å²) >= 11 is 0. The summed E-state index contributed by atoms with van der Waals surface area (Å²) < 4.78 is 2.55. The minimum atomic E-state index is -0.0921. The zero-order valence-corrected chi connectivity index (χ0v) is 30.9. The maximum Gasteiger partial charge on any atom is 0.0541 e. The molecular weight excluding hydrogens is 542 g/mol. The molecule has 0 saturated carbocycles. The van der Waals surface area contributed by atoms with Crippen LogP contribution >= 0.6 is 0 Å². The molecule has 5 rings (SSSR count). The molecule has 1 nitrogen and oxygen atoms in total. The van der Waals surface area contributed by atoms with Gasteiger partial charge in [-0.1, -0.05) is 146 Å². The number of hydrogen-bond donors (Lipinski definition) is 0. The molecule has 0 unspecified atom stereocenters. The highest BCUT2D eigenvalue weighted by molar-refractivity contribution is 6.10. The molecule has 238 valence electrons. The molecule has 1 heteroatoms. The highest BCUT2D eigenvalue weighted by Gasteiger charge is 2.28. The van der Waals surface area contributed by atoms with Gasteiger partial charge in [-0.3, -0.25) is 0 Å². The van der Waals surface area contributed by atoms with Gasteiger partial charge in [0.05, 0.1) is 16.7 Å². The molecule has 45 heavy (non-hydrogen) atoms. The van der Waals surface area contributed by atoms with E-state index in [1.165, 1.54) is 66.4 Å². The average Bonchev–Trinajstić information content (AvgIpc) is 3.23. The second-order valence-corrected chi connectivity index (χ2v) is 18.5. The third-order valence-corrected chi connectivity index (χ3v) is 9.51. The molecule has 0 N–H and O–H groups in total. The van der Waals surface area contributed by atoms with Crippen LogP contribution in [0.4, 0.5) is 0 Å². The number of fused-ring (bicyclic) bond motifs is 3. The van der Waals surface area contributed by atoms with E-state index in [1.807, 2.05) is 0 Å². The van der Waals surface area contributed by atoms with Gasteiger partial charge in [0.15, 0.2) is 0 Å². The van der Waals surface area contributed by atoms with Crippen molar-refractivity contribution in [1.29, 1.82) is 0 Å². The summed E-state index contributed by atoms with van der Waals surface area (Å²) in [5.74, 6) is 0. The van der Waals surface area contributed by atoms with Crippen LogP contribution in [0.3, 0.4) is 0 Å². The molecule has 0 aliphatic heterocycles. The minimum Gasteiger partial charge on any atom is -0.309 e. The van der Waals surface area contributed by atoms with Crippen LogP contribution in [0.1, 0.15) is 132 Å². The molecule has 0 saturated heterocycles. The summed E-state index contributed by atoms with van der Waals surface area (Å²) in [6.45, 7) is 35.0. The van der Waals surface area contributed by atoms with E-state index in [2.05, 4.69) is 181 Å². The average molecular weight is 600 g/mol. The fraction of sp³-hybridized carbons (Fsp3) is 0.455. The Balaban J connectivity index is 1.92. The molecule has 0 atom stereocenters. The van der Waals surface area contributed by atoms with Crippen molar-refractivity contribution < 1.29 is 0 Å². The van der Waals surface area contributed by atoms with Gasteiger partial charge in [-0.05, 0) is 96.4 Å². The molecule has 5 aromatic rings. The predicted molar refractivity (Wildman–Crippen MR) is 200 cm³/mol. The quantitative estimate of drug-likeness (QED) is 0.190. The maximum atomic E-state index is 2.55. The van der Waals surface area contributed by atoms with Crippen molar-refractivity contribution in [1.82, 2.24) is 4.57 Å². The van der Waals surface area contributed by atoms with Crippen molar-refractivity contribution in [3.05, 3.63) is 101 Å². The Kier molecular flexibility index (Phi) is 7.80. The molecule has 1 aromatic heterocycles. The van der Waals surface area contributed by atoms with E-state index in [0.717, 1.165) is 0 Å². The van der Waals surface area contributed by atoms with Crippen LogP contribution in [0.15, 0.2) is 72.8 Å². The largest absolute Gasteiger partial charge is 0.309 e. The van der Waals surface area contributed by atoms with Gasteiger partial charge in [0.25, 0.3) is 0 Å². The molecule has 0 amide bonds. The van der Waals surface area contributed by atoms with E-state index in [9.17, 15) is 0 Å². The molecule has 0 aliphatic rings. The second kappa shape index (κ2) is 10.6. The lowest BCUT2D eigenvalue weighted by Gasteiger charge is -2.30. The zero-order valence-electron chi connectivity index (χ0n) is 30.9. The first-order valence-electron chi connectivity index (χ1n) is 16.9. The van der Waals surface area contributed by atoms with Crippen molar-refractivity contribution in [2.75, 3.05) is 0 Å². The third kappa shape index (κ3) is 6.25. The standard InChI is InChI=1S/C44H57N/c1-40(2,3)29-19-21-36-34(26-29)35-27-30(41(4,5)6)20-22-37(35)45(36)38-18-16-17-33(39(38)44(13,14)15)28-23-31(42(7,8)9)25-32(24-28)43(10,11)12/h16-27H,1-15H3.